The highest BCUT2D eigenvalue weighted by molar-refractivity contribution is 5.83. The number of rotatable bonds is 6. The lowest BCUT2D eigenvalue weighted by atomic mass is 9.40. The molecule has 2 unspecified atom stereocenters. The van der Waals surface area contributed by atoms with Crippen LogP contribution in [0.25, 0.3) is 0 Å². The molecule has 5 fully saturated rings. The van der Waals surface area contributed by atoms with Gasteiger partial charge >= 0.3 is 0 Å². The van der Waals surface area contributed by atoms with Crippen LogP contribution in [0.1, 0.15) is 71.6 Å². The van der Waals surface area contributed by atoms with Gasteiger partial charge in [-0.25, -0.2) is 0 Å². The van der Waals surface area contributed by atoms with Gasteiger partial charge < -0.3 is 16.0 Å². The summed E-state index contributed by atoms with van der Waals surface area (Å²) in [5.41, 5.74) is 6.08. The van der Waals surface area contributed by atoms with Crippen LogP contribution in [0.3, 0.4) is 0 Å². The summed E-state index contributed by atoms with van der Waals surface area (Å²) in [4.78, 5) is 26.8. The van der Waals surface area contributed by atoms with Crippen LogP contribution in [0.2, 0.25) is 0 Å². The van der Waals surface area contributed by atoms with Gasteiger partial charge in [0.05, 0.1) is 5.41 Å². The lowest BCUT2D eigenvalue weighted by molar-refractivity contribution is -0.170. The Labute approximate surface area is 163 Å². The van der Waals surface area contributed by atoms with Gasteiger partial charge in [-0.15, -0.1) is 0 Å². The molecule has 3 N–H and O–H groups in total. The molecule has 1 aliphatic heterocycles. The molecule has 4 aliphatic carbocycles. The van der Waals surface area contributed by atoms with Gasteiger partial charge in [-0.3, -0.25) is 9.59 Å². The zero-order valence-corrected chi connectivity index (χ0v) is 17.2. The number of nitrogens with two attached hydrogens (primary N) is 1. The van der Waals surface area contributed by atoms with E-state index in [1.165, 1.54) is 19.3 Å². The number of amides is 2. The van der Waals surface area contributed by atoms with Crippen LogP contribution < -0.4 is 11.1 Å². The van der Waals surface area contributed by atoms with Crippen LogP contribution in [-0.4, -0.2) is 42.9 Å². The zero-order valence-electron chi connectivity index (χ0n) is 17.2. The van der Waals surface area contributed by atoms with Gasteiger partial charge in [0.1, 0.15) is 0 Å². The Morgan fingerprint density at radius 1 is 1.04 bits per heavy atom. The second kappa shape index (κ2) is 6.75. The van der Waals surface area contributed by atoms with Gasteiger partial charge in [0.25, 0.3) is 0 Å². The minimum Gasteiger partial charge on any atom is -0.369 e. The average Bonchev–Trinajstić information content (AvgIpc) is 2.55. The predicted octanol–water partition coefficient (Wildman–Crippen LogP) is 2.69. The van der Waals surface area contributed by atoms with Gasteiger partial charge in [0, 0.05) is 12.5 Å². The number of nitrogens with zero attached hydrogens (tertiary/aromatic N) is 1. The summed E-state index contributed by atoms with van der Waals surface area (Å²) in [7, 11) is 0. The van der Waals surface area contributed by atoms with Crippen LogP contribution in [0.4, 0.5) is 0 Å². The third kappa shape index (κ3) is 3.76. The molecule has 5 heteroatoms. The average molecular weight is 376 g/mol. The Balaban J connectivity index is 1.24. The zero-order chi connectivity index (χ0) is 19.3. The molecule has 0 aromatic rings. The Kier molecular flexibility index (Phi) is 4.81. The number of primary amides is 1. The van der Waals surface area contributed by atoms with Gasteiger partial charge in [-0.1, -0.05) is 13.8 Å². The molecule has 2 amide bonds. The van der Waals surface area contributed by atoms with Crippen LogP contribution in [0.5, 0.6) is 0 Å². The van der Waals surface area contributed by atoms with Crippen LogP contribution >= 0.6 is 0 Å². The van der Waals surface area contributed by atoms with E-state index in [2.05, 4.69) is 24.1 Å². The molecule has 0 radical (unpaired) electrons. The molecule has 4 bridgehead atoms. The molecule has 27 heavy (non-hydrogen) atoms. The standard InChI is InChI=1S/C22H37N3O2/c1-20-10-16-11-21(2,13-20)15-22(12-16,14-20)19(27)24-6-3-7-25-8-4-17(5-9-25)18(23)26/h16-17H,3-15H2,1-2H3,(H2,23,26)(H,24,27)/t16?,20-,21+,22?. The molecule has 5 rings (SSSR count). The molecule has 1 saturated heterocycles. The van der Waals surface area contributed by atoms with Crippen molar-refractivity contribution in [1.82, 2.24) is 10.2 Å². The largest absolute Gasteiger partial charge is 0.369 e. The first-order valence-corrected chi connectivity index (χ1v) is 11.0. The predicted molar refractivity (Wildman–Crippen MR) is 106 cm³/mol. The highest BCUT2D eigenvalue weighted by atomic mass is 16.2. The van der Waals surface area contributed by atoms with E-state index >= 15 is 0 Å². The minimum absolute atomic E-state index is 0.0553. The summed E-state index contributed by atoms with van der Waals surface area (Å²) in [6.45, 7) is 8.51. The van der Waals surface area contributed by atoms with Crippen LogP contribution in [-0.2, 0) is 9.59 Å². The highest BCUT2D eigenvalue weighted by Crippen LogP contribution is 2.69. The van der Waals surface area contributed by atoms with E-state index < -0.39 is 0 Å². The van der Waals surface area contributed by atoms with E-state index in [9.17, 15) is 9.59 Å². The van der Waals surface area contributed by atoms with Gasteiger partial charge in [0.15, 0.2) is 0 Å². The fourth-order valence-electron chi connectivity index (χ4n) is 7.83. The number of hydrogen-bond acceptors (Lipinski definition) is 3. The normalized spacial score (nSPS) is 41.6. The summed E-state index contributed by atoms with van der Waals surface area (Å²) in [5, 5.41) is 3.30. The van der Waals surface area contributed by atoms with E-state index in [1.807, 2.05) is 0 Å². The van der Waals surface area contributed by atoms with Crippen molar-refractivity contribution in [3.8, 4) is 0 Å². The van der Waals surface area contributed by atoms with E-state index in [4.69, 9.17) is 5.73 Å². The molecule has 5 nitrogen and oxygen atoms in total. The number of carbonyl (C=O) groups is 2. The molecule has 152 valence electrons. The maximum atomic E-state index is 13.2. The number of nitrogens with one attached hydrogen (secondary N) is 1. The first-order chi connectivity index (χ1) is 12.7. The topological polar surface area (TPSA) is 75.4 Å². The first-order valence-electron chi connectivity index (χ1n) is 11.0. The smallest absolute Gasteiger partial charge is 0.226 e. The lowest BCUT2D eigenvalue weighted by Crippen LogP contribution is -2.60. The summed E-state index contributed by atoms with van der Waals surface area (Å²) < 4.78 is 0. The lowest BCUT2D eigenvalue weighted by Gasteiger charge is -2.64. The van der Waals surface area contributed by atoms with Crippen LogP contribution in [0.15, 0.2) is 0 Å². The van der Waals surface area contributed by atoms with E-state index in [1.54, 1.807) is 0 Å². The van der Waals surface area contributed by atoms with Crippen molar-refractivity contribution in [2.75, 3.05) is 26.2 Å². The van der Waals surface area contributed by atoms with Gasteiger partial charge in [-0.2, -0.15) is 0 Å². The summed E-state index contributed by atoms with van der Waals surface area (Å²) >= 11 is 0. The molecule has 0 spiro atoms. The second-order valence-electron chi connectivity index (χ2n) is 11.0. The highest BCUT2D eigenvalue weighted by Gasteiger charge is 2.62. The SMILES string of the molecule is C[C@]12CC3CC(C(=O)NCCCN4CCC(C(N)=O)CC4)(C1)C[C@@](C)(C3)C2. The summed E-state index contributed by atoms with van der Waals surface area (Å²) in [5.74, 6) is 0.990. The van der Waals surface area contributed by atoms with Gasteiger partial charge in [0.2, 0.25) is 11.8 Å². The second-order valence-corrected chi connectivity index (χ2v) is 11.0. The molecule has 4 atom stereocenters. The molecule has 0 aromatic heterocycles. The molecule has 4 saturated carbocycles. The number of carbonyl (C=O) groups excluding carboxylic acids is 2. The maximum Gasteiger partial charge on any atom is 0.226 e. The Morgan fingerprint density at radius 3 is 2.22 bits per heavy atom. The minimum atomic E-state index is -0.153. The molecular formula is C22H37N3O2. The monoisotopic (exact) mass is 375 g/mol. The molecular weight excluding hydrogens is 338 g/mol. The summed E-state index contributed by atoms with van der Waals surface area (Å²) in [6.07, 6.45) is 10.0. The third-order valence-corrected chi connectivity index (χ3v) is 8.03. The van der Waals surface area contributed by atoms with E-state index in [0.717, 1.165) is 70.6 Å². The van der Waals surface area contributed by atoms with E-state index in [-0.39, 0.29) is 17.2 Å². The van der Waals surface area contributed by atoms with Crippen molar-refractivity contribution in [3.63, 3.8) is 0 Å². The van der Waals surface area contributed by atoms with Crippen molar-refractivity contribution < 1.29 is 9.59 Å². The third-order valence-electron chi connectivity index (χ3n) is 8.03. The first kappa shape index (κ1) is 19.2. The van der Waals surface area contributed by atoms with Crippen molar-refractivity contribution in [3.05, 3.63) is 0 Å². The summed E-state index contributed by atoms with van der Waals surface area (Å²) in [6, 6.07) is 0. The van der Waals surface area contributed by atoms with Crippen molar-refractivity contribution in [1.29, 1.82) is 0 Å². The Morgan fingerprint density at radius 2 is 1.67 bits per heavy atom. The molecule has 0 aromatic carbocycles. The van der Waals surface area contributed by atoms with Gasteiger partial charge in [-0.05, 0) is 94.2 Å². The number of hydrogen-bond donors (Lipinski definition) is 2. The number of likely N-dealkylation sites (tertiary alicyclic amines) is 1. The Hall–Kier alpha value is -1.10. The molecule has 1 heterocycles. The fourth-order valence-corrected chi connectivity index (χ4v) is 7.83. The maximum absolute atomic E-state index is 13.2. The van der Waals surface area contributed by atoms with Crippen molar-refractivity contribution in [2.45, 2.75) is 71.6 Å². The Bertz CT molecular complexity index is 593. The number of piperidine rings is 1. The molecule has 5 aliphatic rings. The van der Waals surface area contributed by atoms with E-state index in [0.29, 0.717) is 16.7 Å². The quantitative estimate of drug-likeness (QED) is 0.701. The van der Waals surface area contributed by atoms with Crippen molar-refractivity contribution >= 4 is 11.8 Å². The van der Waals surface area contributed by atoms with Crippen molar-refractivity contribution in [2.24, 2.45) is 33.8 Å². The fraction of sp³-hybridized carbons (Fsp3) is 0.909. The van der Waals surface area contributed by atoms with Crippen LogP contribution in [0, 0.1) is 28.1 Å².